The first-order chi connectivity index (χ1) is 17.4. The Hall–Kier alpha value is -3.43. The molecule has 1 aromatic heterocycles. The predicted octanol–water partition coefficient (Wildman–Crippen LogP) is 5.04. The topological polar surface area (TPSA) is 71.1 Å². The molecule has 0 aliphatic carbocycles. The standard InChI is InChI=1S/C27H29N3O4S2/c1-4-34-22-9-5-19(6-10-22)28-25(31)17-23-26(32)30(20-7-11-21(33-3)12-8-20)27(35)29(23)15-13-24-18(2)14-16-36-24/h5-12,14,16,23H,4,13,15,17H2,1-3H3,(H,28,31)/t23-/m0/s1. The fourth-order valence-corrected chi connectivity index (χ4v) is 5.44. The van der Waals surface area contributed by atoms with Gasteiger partial charge in [0.25, 0.3) is 5.91 Å². The number of benzene rings is 2. The third-order valence-corrected chi connectivity index (χ3v) is 7.52. The van der Waals surface area contributed by atoms with Crippen LogP contribution >= 0.6 is 23.6 Å². The normalized spacial score (nSPS) is 15.4. The number of ether oxygens (including phenoxy) is 2. The lowest BCUT2D eigenvalue weighted by molar-refractivity contribution is -0.124. The van der Waals surface area contributed by atoms with Crippen LogP contribution in [-0.4, -0.2) is 48.1 Å². The Labute approximate surface area is 220 Å². The molecule has 7 nitrogen and oxygen atoms in total. The number of hydrogen-bond donors (Lipinski definition) is 1. The summed E-state index contributed by atoms with van der Waals surface area (Å²) in [4.78, 5) is 31.2. The van der Waals surface area contributed by atoms with E-state index in [1.165, 1.54) is 15.3 Å². The van der Waals surface area contributed by atoms with Gasteiger partial charge in [0.1, 0.15) is 17.5 Å². The van der Waals surface area contributed by atoms with Crippen LogP contribution in [0, 0.1) is 6.92 Å². The van der Waals surface area contributed by atoms with Crippen LogP contribution in [-0.2, 0) is 16.0 Å². The zero-order chi connectivity index (χ0) is 25.7. The van der Waals surface area contributed by atoms with Crippen molar-refractivity contribution in [2.24, 2.45) is 0 Å². The minimum absolute atomic E-state index is 0.0116. The van der Waals surface area contributed by atoms with E-state index in [0.717, 1.165) is 12.2 Å². The summed E-state index contributed by atoms with van der Waals surface area (Å²) in [6, 6.07) is 15.7. The molecule has 2 heterocycles. The zero-order valence-electron chi connectivity index (χ0n) is 20.5. The molecule has 1 saturated heterocycles. The highest BCUT2D eigenvalue weighted by Crippen LogP contribution is 2.30. The number of hydrogen-bond acceptors (Lipinski definition) is 6. The van der Waals surface area contributed by atoms with Crippen molar-refractivity contribution in [1.82, 2.24) is 4.90 Å². The van der Waals surface area contributed by atoms with E-state index in [1.54, 1.807) is 67.0 Å². The Balaban J connectivity index is 1.53. The lowest BCUT2D eigenvalue weighted by atomic mass is 10.1. The molecule has 9 heteroatoms. The van der Waals surface area contributed by atoms with Gasteiger partial charge in [-0.15, -0.1) is 11.3 Å². The van der Waals surface area contributed by atoms with E-state index in [9.17, 15) is 9.59 Å². The number of anilines is 2. The van der Waals surface area contributed by atoms with Crippen LogP contribution in [0.25, 0.3) is 0 Å². The van der Waals surface area contributed by atoms with Crippen molar-refractivity contribution in [2.45, 2.75) is 32.7 Å². The summed E-state index contributed by atoms with van der Waals surface area (Å²) >= 11 is 7.45. The second-order valence-electron chi connectivity index (χ2n) is 8.35. The molecule has 1 aliphatic rings. The Morgan fingerprint density at radius 1 is 1.08 bits per heavy atom. The van der Waals surface area contributed by atoms with Crippen LogP contribution in [0.5, 0.6) is 11.5 Å². The Morgan fingerprint density at radius 3 is 2.39 bits per heavy atom. The lowest BCUT2D eigenvalue weighted by Crippen LogP contribution is -2.39. The largest absolute Gasteiger partial charge is 0.497 e. The second kappa shape index (κ2) is 11.5. The molecule has 1 fully saturated rings. The van der Waals surface area contributed by atoms with Gasteiger partial charge in [0.15, 0.2) is 5.11 Å². The Bertz CT molecular complexity index is 1220. The maximum Gasteiger partial charge on any atom is 0.256 e. The number of nitrogens with zero attached hydrogens (tertiary/aromatic N) is 2. The zero-order valence-corrected chi connectivity index (χ0v) is 22.2. The van der Waals surface area contributed by atoms with Crippen LogP contribution < -0.4 is 19.7 Å². The number of thiophene rings is 1. The van der Waals surface area contributed by atoms with Gasteiger partial charge in [-0.05, 0) is 98.0 Å². The molecule has 0 radical (unpaired) electrons. The summed E-state index contributed by atoms with van der Waals surface area (Å²) in [6.45, 7) is 5.10. The molecule has 2 amide bonds. The molecule has 188 valence electrons. The number of aryl methyl sites for hydroxylation is 1. The van der Waals surface area contributed by atoms with Gasteiger partial charge in [0.05, 0.1) is 25.8 Å². The van der Waals surface area contributed by atoms with Crippen LogP contribution in [0.1, 0.15) is 23.8 Å². The average molecular weight is 524 g/mol. The number of carbonyl (C=O) groups excluding carboxylic acids is 2. The fourth-order valence-electron chi connectivity index (χ4n) is 4.13. The van der Waals surface area contributed by atoms with E-state index in [-0.39, 0.29) is 18.2 Å². The number of thiocarbonyl (C=S) groups is 1. The van der Waals surface area contributed by atoms with Gasteiger partial charge in [-0.1, -0.05) is 0 Å². The van der Waals surface area contributed by atoms with Crippen molar-refractivity contribution in [2.75, 3.05) is 30.5 Å². The van der Waals surface area contributed by atoms with Crippen molar-refractivity contribution in [1.29, 1.82) is 0 Å². The maximum atomic E-state index is 13.6. The Morgan fingerprint density at radius 2 is 1.78 bits per heavy atom. The molecular weight excluding hydrogens is 494 g/mol. The minimum atomic E-state index is -0.692. The number of carbonyl (C=O) groups is 2. The predicted molar refractivity (Wildman–Crippen MR) is 147 cm³/mol. The van der Waals surface area contributed by atoms with Crippen LogP contribution in [0.3, 0.4) is 0 Å². The highest BCUT2D eigenvalue weighted by atomic mass is 32.1. The van der Waals surface area contributed by atoms with Crippen LogP contribution in [0.2, 0.25) is 0 Å². The fraction of sp³-hybridized carbons (Fsp3) is 0.296. The van der Waals surface area contributed by atoms with Gasteiger partial charge >= 0.3 is 0 Å². The van der Waals surface area contributed by atoms with Crippen molar-refractivity contribution in [3.8, 4) is 11.5 Å². The molecule has 3 aromatic rings. The summed E-state index contributed by atoms with van der Waals surface area (Å²) in [6.07, 6.45) is 0.729. The molecule has 0 bridgehead atoms. The average Bonchev–Trinajstić information content (AvgIpc) is 3.39. The van der Waals surface area contributed by atoms with Crippen LogP contribution in [0.15, 0.2) is 60.0 Å². The molecule has 36 heavy (non-hydrogen) atoms. The van der Waals surface area contributed by atoms with E-state index in [1.807, 2.05) is 11.8 Å². The molecule has 0 saturated carbocycles. The van der Waals surface area contributed by atoms with Crippen molar-refractivity contribution in [3.05, 3.63) is 70.4 Å². The highest BCUT2D eigenvalue weighted by Gasteiger charge is 2.44. The number of methoxy groups -OCH3 is 1. The molecule has 4 rings (SSSR count). The van der Waals surface area contributed by atoms with Crippen molar-refractivity contribution < 1.29 is 19.1 Å². The SMILES string of the molecule is CCOc1ccc(NC(=O)C[C@H]2C(=O)N(c3ccc(OC)cc3)C(=S)N2CCc2sccc2C)cc1. The van der Waals surface area contributed by atoms with Gasteiger partial charge in [0, 0.05) is 17.1 Å². The van der Waals surface area contributed by atoms with E-state index >= 15 is 0 Å². The van der Waals surface area contributed by atoms with E-state index < -0.39 is 6.04 Å². The van der Waals surface area contributed by atoms with Gasteiger partial charge in [-0.2, -0.15) is 0 Å². The monoisotopic (exact) mass is 523 g/mol. The highest BCUT2D eigenvalue weighted by molar-refractivity contribution is 7.80. The van der Waals surface area contributed by atoms with E-state index in [4.69, 9.17) is 21.7 Å². The number of amides is 2. The summed E-state index contributed by atoms with van der Waals surface area (Å²) in [5.41, 5.74) is 2.51. The van der Waals surface area contributed by atoms with Gasteiger partial charge in [0.2, 0.25) is 5.91 Å². The smallest absolute Gasteiger partial charge is 0.256 e. The molecule has 1 atom stereocenters. The molecule has 1 aliphatic heterocycles. The second-order valence-corrected chi connectivity index (χ2v) is 9.72. The first-order valence-electron chi connectivity index (χ1n) is 11.8. The number of rotatable bonds is 10. The van der Waals surface area contributed by atoms with E-state index in [0.29, 0.717) is 35.4 Å². The van der Waals surface area contributed by atoms with Gasteiger partial charge in [-0.25, -0.2) is 0 Å². The summed E-state index contributed by atoms with van der Waals surface area (Å²) < 4.78 is 10.7. The third kappa shape index (κ3) is 5.68. The summed E-state index contributed by atoms with van der Waals surface area (Å²) in [5.74, 6) is 0.953. The molecule has 2 aromatic carbocycles. The van der Waals surface area contributed by atoms with Crippen LogP contribution in [0.4, 0.5) is 11.4 Å². The number of nitrogens with one attached hydrogen (secondary N) is 1. The first kappa shape index (κ1) is 25.7. The van der Waals surface area contributed by atoms with E-state index in [2.05, 4.69) is 23.7 Å². The summed E-state index contributed by atoms with van der Waals surface area (Å²) in [5, 5.41) is 5.35. The lowest BCUT2D eigenvalue weighted by Gasteiger charge is -2.24. The third-order valence-electron chi connectivity index (χ3n) is 6.03. The maximum absolute atomic E-state index is 13.6. The quantitative estimate of drug-likeness (QED) is 0.376. The van der Waals surface area contributed by atoms with Gasteiger partial charge in [-0.3, -0.25) is 14.5 Å². The summed E-state index contributed by atoms with van der Waals surface area (Å²) in [7, 11) is 1.59. The molecule has 0 unspecified atom stereocenters. The van der Waals surface area contributed by atoms with Crippen molar-refractivity contribution in [3.63, 3.8) is 0 Å². The van der Waals surface area contributed by atoms with Gasteiger partial charge < -0.3 is 19.7 Å². The first-order valence-corrected chi connectivity index (χ1v) is 13.0. The molecule has 1 N–H and O–H groups in total. The Kier molecular flexibility index (Phi) is 8.22. The minimum Gasteiger partial charge on any atom is -0.497 e. The van der Waals surface area contributed by atoms with Crippen molar-refractivity contribution >= 4 is 51.9 Å². The molecule has 0 spiro atoms. The molecular formula is C27H29N3O4S2.